The summed E-state index contributed by atoms with van der Waals surface area (Å²) >= 11 is 0. The molecule has 0 radical (unpaired) electrons. The third-order valence-electron chi connectivity index (χ3n) is 7.51. The molecule has 3 aliphatic heterocycles. The van der Waals surface area contributed by atoms with Crippen LogP contribution in [0.15, 0.2) is 60.9 Å². The van der Waals surface area contributed by atoms with Gasteiger partial charge in [0.05, 0.1) is 17.6 Å². The Kier molecular flexibility index (Phi) is 5.64. The molecule has 1 aromatic heterocycles. The van der Waals surface area contributed by atoms with E-state index < -0.39 is 0 Å². The number of urea groups is 1. The number of nitrogens with zero attached hydrogens (tertiary/aromatic N) is 5. The van der Waals surface area contributed by atoms with Crippen molar-refractivity contribution in [1.29, 1.82) is 0 Å². The number of H-pyrrole nitrogens is 1. The summed E-state index contributed by atoms with van der Waals surface area (Å²) in [4.78, 5) is 34.3. The van der Waals surface area contributed by atoms with E-state index in [9.17, 15) is 9.59 Å². The van der Waals surface area contributed by atoms with Crippen LogP contribution in [0, 0.1) is 0 Å². The molecule has 2 aromatic carbocycles. The molecule has 1 unspecified atom stereocenters. The van der Waals surface area contributed by atoms with Gasteiger partial charge in [-0.2, -0.15) is 5.10 Å². The van der Waals surface area contributed by atoms with E-state index in [1.807, 2.05) is 69.6 Å². The lowest BCUT2D eigenvalue weighted by Gasteiger charge is -2.39. The number of amides is 3. The molecule has 1 atom stereocenters. The van der Waals surface area contributed by atoms with Crippen LogP contribution in [0.5, 0.6) is 0 Å². The van der Waals surface area contributed by atoms with E-state index in [1.165, 1.54) is 0 Å². The summed E-state index contributed by atoms with van der Waals surface area (Å²) in [5.41, 5.74) is 4.86. The van der Waals surface area contributed by atoms with E-state index in [-0.39, 0.29) is 11.9 Å². The van der Waals surface area contributed by atoms with Gasteiger partial charge in [-0.3, -0.25) is 14.8 Å². The van der Waals surface area contributed by atoms with Gasteiger partial charge in [0.15, 0.2) is 0 Å². The van der Waals surface area contributed by atoms with Crippen molar-refractivity contribution in [3.8, 4) is 0 Å². The SMILES string of the molecule is O=C(c1ccc(N2CCN(C(=O)N3CCC(c4cn[nH]c4)C3)c3ccccc32)cc1)N1CCCC1. The van der Waals surface area contributed by atoms with Gasteiger partial charge in [0.2, 0.25) is 0 Å². The van der Waals surface area contributed by atoms with Crippen molar-refractivity contribution in [3.05, 3.63) is 72.1 Å². The molecule has 35 heavy (non-hydrogen) atoms. The van der Waals surface area contributed by atoms with Crippen molar-refractivity contribution >= 4 is 29.0 Å². The number of hydrogen-bond acceptors (Lipinski definition) is 4. The van der Waals surface area contributed by atoms with Crippen molar-refractivity contribution in [2.24, 2.45) is 0 Å². The minimum Gasteiger partial charge on any atom is -0.339 e. The summed E-state index contributed by atoms with van der Waals surface area (Å²) in [6.07, 6.45) is 6.92. The van der Waals surface area contributed by atoms with Crippen molar-refractivity contribution in [2.75, 3.05) is 49.1 Å². The molecule has 3 aliphatic rings. The van der Waals surface area contributed by atoms with Gasteiger partial charge in [0, 0.05) is 62.6 Å². The molecule has 3 amide bonds. The topological polar surface area (TPSA) is 75.8 Å². The Hall–Kier alpha value is -3.81. The Morgan fingerprint density at radius 2 is 1.63 bits per heavy atom. The molecule has 0 aliphatic carbocycles. The number of hydrogen-bond donors (Lipinski definition) is 1. The molecule has 0 bridgehead atoms. The second-order valence-electron chi connectivity index (χ2n) is 9.58. The maximum absolute atomic E-state index is 13.5. The quantitative estimate of drug-likeness (QED) is 0.622. The van der Waals surface area contributed by atoms with Crippen LogP contribution < -0.4 is 9.80 Å². The van der Waals surface area contributed by atoms with Crippen molar-refractivity contribution in [1.82, 2.24) is 20.0 Å². The lowest BCUT2D eigenvalue weighted by molar-refractivity contribution is 0.0793. The number of anilines is 3. The number of nitrogens with one attached hydrogen (secondary N) is 1. The molecule has 0 saturated carbocycles. The maximum Gasteiger partial charge on any atom is 0.324 e. The smallest absolute Gasteiger partial charge is 0.324 e. The van der Waals surface area contributed by atoms with Crippen LogP contribution in [0.25, 0.3) is 0 Å². The van der Waals surface area contributed by atoms with Gasteiger partial charge in [0.25, 0.3) is 5.91 Å². The highest BCUT2D eigenvalue weighted by molar-refractivity contribution is 5.98. The summed E-state index contributed by atoms with van der Waals surface area (Å²) in [5, 5.41) is 6.94. The fourth-order valence-electron chi connectivity index (χ4n) is 5.58. The van der Waals surface area contributed by atoms with Gasteiger partial charge >= 0.3 is 6.03 Å². The highest BCUT2D eigenvalue weighted by atomic mass is 16.2. The zero-order valence-electron chi connectivity index (χ0n) is 19.8. The van der Waals surface area contributed by atoms with E-state index in [2.05, 4.69) is 21.2 Å². The Morgan fingerprint density at radius 1 is 0.857 bits per heavy atom. The lowest BCUT2D eigenvalue weighted by atomic mass is 10.0. The van der Waals surface area contributed by atoms with Gasteiger partial charge in [0.1, 0.15) is 0 Å². The normalized spacial score (nSPS) is 19.8. The summed E-state index contributed by atoms with van der Waals surface area (Å²) in [6, 6.07) is 16.0. The first-order valence-electron chi connectivity index (χ1n) is 12.5. The highest BCUT2D eigenvalue weighted by Crippen LogP contribution is 2.39. The van der Waals surface area contributed by atoms with Crippen LogP contribution in [0.4, 0.5) is 21.9 Å². The number of carbonyl (C=O) groups excluding carboxylic acids is 2. The van der Waals surface area contributed by atoms with Crippen LogP contribution >= 0.6 is 0 Å². The average molecular weight is 471 g/mol. The zero-order valence-corrected chi connectivity index (χ0v) is 19.8. The standard InChI is InChI=1S/C27H30N6O2/c34-26(30-12-3-4-13-30)20-7-9-23(10-8-20)32-15-16-33(25-6-2-1-5-24(25)32)27(35)31-14-11-21(19-31)22-17-28-29-18-22/h1-2,5-10,17-18,21H,3-4,11-16,19H2,(H,28,29). The van der Waals surface area contributed by atoms with Crippen molar-refractivity contribution < 1.29 is 9.59 Å². The molecule has 2 saturated heterocycles. The monoisotopic (exact) mass is 470 g/mol. The van der Waals surface area contributed by atoms with Crippen LogP contribution in [0.2, 0.25) is 0 Å². The van der Waals surface area contributed by atoms with E-state index in [0.29, 0.717) is 25.6 Å². The maximum atomic E-state index is 13.5. The van der Waals surface area contributed by atoms with Gasteiger partial charge in [-0.25, -0.2) is 4.79 Å². The number of aromatic amines is 1. The third kappa shape index (κ3) is 4.03. The van der Waals surface area contributed by atoms with Crippen LogP contribution in [0.3, 0.4) is 0 Å². The molecule has 4 heterocycles. The predicted octanol–water partition coefficient (Wildman–Crippen LogP) is 4.21. The first-order valence-corrected chi connectivity index (χ1v) is 12.5. The number of rotatable bonds is 3. The highest BCUT2D eigenvalue weighted by Gasteiger charge is 2.34. The van der Waals surface area contributed by atoms with Crippen molar-refractivity contribution in [3.63, 3.8) is 0 Å². The first kappa shape index (κ1) is 21.7. The molecular weight excluding hydrogens is 440 g/mol. The van der Waals surface area contributed by atoms with Gasteiger partial charge in [-0.1, -0.05) is 12.1 Å². The second-order valence-corrected chi connectivity index (χ2v) is 9.58. The summed E-state index contributed by atoms with van der Waals surface area (Å²) in [6.45, 7) is 4.47. The minimum absolute atomic E-state index is 0.0645. The van der Waals surface area contributed by atoms with E-state index in [4.69, 9.17) is 0 Å². The number of aromatic nitrogens is 2. The molecular formula is C27H30N6O2. The molecule has 2 fully saturated rings. The third-order valence-corrected chi connectivity index (χ3v) is 7.51. The van der Waals surface area contributed by atoms with Crippen LogP contribution in [-0.4, -0.2) is 71.2 Å². The average Bonchev–Trinajstić information content (AvgIpc) is 3.70. The molecule has 180 valence electrons. The van der Waals surface area contributed by atoms with E-state index in [1.54, 1.807) is 0 Å². The van der Waals surface area contributed by atoms with Crippen LogP contribution in [-0.2, 0) is 0 Å². The number of benzene rings is 2. The Labute approximate surface area is 205 Å². The Morgan fingerprint density at radius 3 is 2.37 bits per heavy atom. The molecule has 8 nitrogen and oxygen atoms in total. The summed E-state index contributed by atoms with van der Waals surface area (Å²) in [5.74, 6) is 0.445. The van der Waals surface area contributed by atoms with Crippen LogP contribution in [0.1, 0.15) is 41.1 Å². The number of likely N-dealkylation sites (tertiary alicyclic amines) is 2. The first-order chi connectivity index (χ1) is 17.2. The van der Waals surface area contributed by atoms with Gasteiger partial charge < -0.3 is 14.7 Å². The molecule has 6 rings (SSSR count). The Bertz CT molecular complexity index is 1200. The molecule has 1 N–H and O–H groups in total. The second kappa shape index (κ2) is 9.09. The largest absolute Gasteiger partial charge is 0.339 e. The van der Waals surface area contributed by atoms with E-state index >= 15 is 0 Å². The molecule has 8 heteroatoms. The summed E-state index contributed by atoms with van der Waals surface area (Å²) in [7, 11) is 0. The van der Waals surface area contributed by atoms with E-state index in [0.717, 1.165) is 67.1 Å². The number of carbonyl (C=O) groups is 2. The fourth-order valence-corrected chi connectivity index (χ4v) is 5.58. The minimum atomic E-state index is 0.0645. The Balaban J connectivity index is 1.20. The zero-order chi connectivity index (χ0) is 23.8. The van der Waals surface area contributed by atoms with Crippen molar-refractivity contribution in [2.45, 2.75) is 25.2 Å². The fraction of sp³-hybridized carbons (Fsp3) is 0.370. The lowest BCUT2D eigenvalue weighted by Crippen LogP contribution is -2.48. The van der Waals surface area contributed by atoms with Gasteiger partial charge in [-0.05, 0) is 61.2 Å². The predicted molar refractivity (Wildman–Crippen MR) is 135 cm³/mol. The summed E-state index contributed by atoms with van der Waals surface area (Å²) < 4.78 is 0. The number of fused-ring (bicyclic) bond motifs is 1. The molecule has 3 aromatic rings. The number of para-hydroxylation sites is 2. The molecule has 0 spiro atoms. The van der Waals surface area contributed by atoms with Gasteiger partial charge in [-0.15, -0.1) is 0 Å².